The molecule has 0 saturated carbocycles. The van der Waals surface area contributed by atoms with Gasteiger partial charge in [0.2, 0.25) is 0 Å². The first-order valence-corrected chi connectivity index (χ1v) is 22.3. The molecule has 4 nitrogen and oxygen atoms in total. The van der Waals surface area contributed by atoms with Crippen molar-refractivity contribution < 1.29 is 0 Å². The topological polar surface area (TPSA) is 31.3 Å². The number of para-hydroxylation sites is 4. The van der Waals surface area contributed by atoms with Gasteiger partial charge in [0.05, 0.1) is 33.1 Å². The summed E-state index contributed by atoms with van der Waals surface area (Å²) in [4.78, 5) is 14.1. The highest BCUT2D eigenvalue weighted by Gasteiger charge is 2.22. The van der Waals surface area contributed by atoms with Gasteiger partial charge in [-0.05, 0) is 116 Å². The van der Waals surface area contributed by atoms with Crippen LogP contribution in [0.2, 0.25) is 0 Å². The highest BCUT2D eigenvalue weighted by molar-refractivity contribution is 6.28. The molecule has 0 bridgehead atoms. The summed E-state index contributed by atoms with van der Waals surface area (Å²) in [6.45, 7) is 0. The number of hydrogen-bond acceptors (Lipinski definition) is 1. The van der Waals surface area contributed by atoms with Crippen molar-refractivity contribution in [3.63, 3.8) is 0 Å². The molecule has 0 unspecified atom stereocenters. The lowest BCUT2D eigenvalue weighted by molar-refractivity contribution is 1.18. The maximum absolute atomic E-state index is 14.1. The van der Waals surface area contributed by atoms with Crippen LogP contribution >= 0.6 is 0 Å². The van der Waals surface area contributed by atoms with Gasteiger partial charge in [0.25, 0.3) is 5.56 Å². The number of benzene rings is 11. The fraction of sp³-hybridized carbons (Fsp3) is 0. The maximum atomic E-state index is 14.1. The molecule has 11 aromatic carbocycles. The van der Waals surface area contributed by atoms with E-state index in [1.54, 1.807) is 0 Å². The van der Waals surface area contributed by atoms with E-state index in [2.05, 4.69) is 203 Å². The van der Waals surface area contributed by atoms with Gasteiger partial charge >= 0.3 is 0 Å². The Kier molecular flexibility index (Phi) is 6.79. The molecular weight excluding hydrogens is 791 g/mol. The molecule has 0 radical (unpaired) electrons. The van der Waals surface area contributed by atoms with Gasteiger partial charge in [-0.25, -0.2) is 0 Å². The summed E-state index contributed by atoms with van der Waals surface area (Å²) in [5.74, 6) is 0. The lowest BCUT2D eigenvalue weighted by Gasteiger charge is -2.15. The summed E-state index contributed by atoms with van der Waals surface area (Å²) >= 11 is 0. The van der Waals surface area contributed by atoms with Crippen LogP contribution in [0.1, 0.15) is 0 Å². The molecule has 15 aromatic rings. The van der Waals surface area contributed by atoms with Crippen molar-refractivity contribution in [2.75, 3.05) is 0 Å². The van der Waals surface area contributed by atoms with E-state index >= 15 is 0 Å². The van der Waals surface area contributed by atoms with Crippen molar-refractivity contribution in [3.05, 3.63) is 223 Å². The van der Waals surface area contributed by atoms with Crippen molar-refractivity contribution in [1.29, 1.82) is 0 Å². The molecule has 0 fully saturated rings. The summed E-state index contributed by atoms with van der Waals surface area (Å²) < 4.78 is 6.84. The molecule has 4 aromatic heterocycles. The Hall–Kier alpha value is -8.73. The van der Waals surface area contributed by atoms with Crippen LogP contribution in [0.3, 0.4) is 0 Å². The van der Waals surface area contributed by atoms with Crippen LogP contribution in [0, 0.1) is 0 Å². The van der Waals surface area contributed by atoms with Crippen LogP contribution < -0.4 is 5.56 Å². The van der Waals surface area contributed by atoms with Crippen molar-refractivity contribution in [1.82, 2.24) is 13.5 Å². The summed E-state index contributed by atoms with van der Waals surface area (Å²) in [7, 11) is 0. The van der Waals surface area contributed by atoms with E-state index in [0.717, 1.165) is 60.5 Å². The van der Waals surface area contributed by atoms with Crippen molar-refractivity contribution >= 4 is 114 Å². The van der Waals surface area contributed by atoms with E-state index in [0.29, 0.717) is 0 Å². The maximum Gasteiger partial charge on any atom is 0.263 e. The minimum Gasteiger partial charge on any atom is -0.309 e. The third-order valence-corrected chi connectivity index (χ3v) is 14.3. The average molecular weight is 826 g/mol. The second-order valence-corrected chi connectivity index (χ2v) is 17.6. The van der Waals surface area contributed by atoms with Crippen LogP contribution in [0.15, 0.2) is 217 Å². The van der Waals surface area contributed by atoms with Crippen LogP contribution in [0.4, 0.5) is 0 Å². The molecule has 0 saturated heterocycles. The van der Waals surface area contributed by atoms with Crippen LogP contribution in [-0.4, -0.2) is 13.5 Å². The molecule has 300 valence electrons. The van der Waals surface area contributed by atoms with Gasteiger partial charge in [-0.1, -0.05) is 146 Å². The average Bonchev–Trinajstić information content (AvgIpc) is 4.02. The first-order chi connectivity index (χ1) is 32.2. The Labute approximate surface area is 371 Å². The Morgan fingerprint density at radius 3 is 1.51 bits per heavy atom. The van der Waals surface area contributed by atoms with Gasteiger partial charge in [-0.2, -0.15) is 0 Å². The first-order valence-electron chi connectivity index (χ1n) is 22.3. The molecule has 0 aliphatic heterocycles. The molecule has 4 heteroatoms. The Bertz CT molecular complexity index is 4610. The van der Waals surface area contributed by atoms with Crippen LogP contribution in [-0.2, 0) is 0 Å². The second-order valence-electron chi connectivity index (χ2n) is 17.6. The number of fused-ring (bicyclic) bond motifs is 18. The predicted octanol–water partition coefficient (Wildman–Crippen LogP) is 15.5. The normalized spacial score (nSPS) is 12.4. The quantitative estimate of drug-likeness (QED) is 0.163. The van der Waals surface area contributed by atoms with Crippen LogP contribution in [0.5, 0.6) is 0 Å². The molecule has 0 aliphatic rings. The largest absolute Gasteiger partial charge is 0.309 e. The lowest BCUT2D eigenvalue weighted by atomic mass is 9.91. The number of hydrogen-bond donors (Lipinski definition) is 0. The van der Waals surface area contributed by atoms with Gasteiger partial charge in [-0.15, -0.1) is 0 Å². The molecule has 0 aliphatic carbocycles. The summed E-state index contributed by atoms with van der Waals surface area (Å²) in [6, 6.07) is 76.9. The number of pyridine rings is 1. The van der Waals surface area contributed by atoms with Crippen molar-refractivity contribution in [2.45, 2.75) is 0 Å². The SMILES string of the molecule is O=c1c2ccccc2c2cccc3c4cc(-c5ccc6c7ccccc7c7ccc(-n8c9ccccc9c9c8ccc8c%10ccccc%10n(-c%10ccccc%10)c89)cc7c6c5)ccc4n1c23. The molecule has 0 N–H and O–H groups in total. The Morgan fingerprint density at radius 2 is 0.754 bits per heavy atom. The van der Waals surface area contributed by atoms with E-state index < -0.39 is 0 Å². The molecule has 65 heavy (non-hydrogen) atoms. The number of rotatable bonds is 3. The van der Waals surface area contributed by atoms with Gasteiger partial charge in [0.15, 0.2) is 0 Å². The van der Waals surface area contributed by atoms with Crippen molar-refractivity contribution in [2.24, 2.45) is 0 Å². The van der Waals surface area contributed by atoms with E-state index in [1.807, 2.05) is 22.6 Å². The fourth-order valence-corrected chi connectivity index (χ4v) is 11.6. The summed E-state index contributed by atoms with van der Waals surface area (Å²) in [6.07, 6.45) is 0. The predicted molar refractivity (Wildman–Crippen MR) is 274 cm³/mol. The third kappa shape index (κ3) is 4.57. The molecular formula is C61H35N3O. The molecule has 4 heterocycles. The number of aromatic nitrogens is 3. The van der Waals surface area contributed by atoms with E-state index in [4.69, 9.17) is 0 Å². The Morgan fingerprint density at radius 1 is 0.262 bits per heavy atom. The smallest absolute Gasteiger partial charge is 0.263 e. The highest BCUT2D eigenvalue weighted by Crippen LogP contribution is 2.44. The lowest BCUT2D eigenvalue weighted by Crippen LogP contribution is -2.12. The number of nitrogens with zero attached hydrogens (tertiary/aromatic N) is 3. The monoisotopic (exact) mass is 825 g/mol. The zero-order chi connectivity index (χ0) is 42.5. The first kappa shape index (κ1) is 34.8. The van der Waals surface area contributed by atoms with E-state index in [-0.39, 0.29) is 5.56 Å². The molecule has 15 rings (SSSR count). The fourth-order valence-electron chi connectivity index (χ4n) is 11.6. The van der Waals surface area contributed by atoms with Crippen molar-refractivity contribution in [3.8, 4) is 22.5 Å². The van der Waals surface area contributed by atoms with Gasteiger partial charge < -0.3 is 9.13 Å². The standard InChI is InChI=1S/C61H35N3O/c65-61-49-19-7-6-17-42(49)46-21-12-22-47-53-34-37(26-31-56(53)64(61)59(46)47)36-25-28-43-40-15-4-5-16-41(40)44-29-27-39(35-52(44)51(43)33-36)62-55-24-11-9-20-50(55)58-57(62)32-30-48-45-18-8-10-23-54(45)63(60(48)58)38-13-2-1-3-14-38/h1-35H. The zero-order valence-electron chi connectivity index (χ0n) is 35.0. The summed E-state index contributed by atoms with van der Waals surface area (Å²) in [5.41, 5.74) is 11.2. The molecule has 0 spiro atoms. The zero-order valence-corrected chi connectivity index (χ0v) is 35.0. The van der Waals surface area contributed by atoms with Crippen LogP contribution in [0.25, 0.3) is 136 Å². The summed E-state index contributed by atoms with van der Waals surface area (Å²) in [5, 5.41) is 17.3. The van der Waals surface area contributed by atoms with E-state index in [9.17, 15) is 4.79 Å². The minimum atomic E-state index is 0.0261. The molecule has 0 atom stereocenters. The second kappa shape index (κ2) is 12.7. The van der Waals surface area contributed by atoms with E-state index in [1.165, 1.54) is 75.9 Å². The minimum absolute atomic E-state index is 0.0261. The molecule has 0 amide bonds. The Balaban J connectivity index is 0.995. The third-order valence-electron chi connectivity index (χ3n) is 14.3. The highest BCUT2D eigenvalue weighted by atomic mass is 16.1. The van der Waals surface area contributed by atoms with Gasteiger partial charge in [0, 0.05) is 54.5 Å². The van der Waals surface area contributed by atoms with Gasteiger partial charge in [-0.3, -0.25) is 9.20 Å². The van der Waals surface area contributed by atoms with Gasteiger partial charge in [0.1, 0.15) is 0 Å².